The minimum atomic E-state index is 0.279. The average molecular weight is 312 g/mol. The van der Waals surface area contributed by atoms with E-state index in [1.54, 1.807) is 10.9 Å². The first-order valence-corrected chi connectivity index (χ1v) is 7.36. The molecule has 0 fully saturated rings. The van der Waals surface area contributed by atoms with Gasteiger partial charge < -0.3 is 4.85 Å². The smallest absolute Gasteiger partial charge is 0.288 e. The molecule has 4 aromatic rings. The van der Waals surface area contributed by atoms with Crippen LogP contribution >= 0.6 is 0 Å². The van der Waals surface area contributed by atoms with E-state index in [-0.39, 0.29) is 5.82 Å². The largest absolute Gasteiger partial charge is 0.359 e. The Balaban J connectivity index is 1.89. The molecule has 24 heavy (non-hydrogen) atoms. The van der Waals surface area contributed by atoms with E-state index in [4.69, 9.17) is 6.57 Å². The van der Waals surface area contributed by atoms with Crippen molar-refractivity contribution in [3.63, 3.8) is 0 Å². The van der Waals surface area contributed by atoms with Crippen molar-refractivity contribution in [2.45, 2.75) is 6.92 Å². The number of nitrogens with zero attached hydrogens (tertiary/aromatic N) is 6. The van der Waals surface area contributed by atoms with Crippen LogP contribution in [0.25, 0.3) is 32.8 Å². The third-order valence-electron chi connectivity index (χ3n) is 3.69. The van der Waals surface area contributed by atoms with Crippen molar-refractivity contribution in [1.29, 1.82) is 0 Å². The van der Waals surface area contributed by atoms with Crippen LogP contribution in [0, 0.1) is 13.5 Å². The Bertz CT molecular complexity index is 1090. The molecule has 3 heterocycles. The normalized spacial score (nSPS) is 10.7. The summed E-state index contributed by atoms with van der Waals surface area (Å²) < 4.78 is 1.80. The Labute approximate surface area is 138 Å². The quantitative estimate of drug-likeness (QED) is 0.529. The Morgan fingerprint density at radius 2 is 1.96 bits per heavy atom. The van der Waals surface area contributed by atoms with Crippen molar-refractivity contribution in [1.82, 2.24) is 24.7 Å². The van der Waals surface area contributed by atoms with Gasteiger partial charge in [-0.15, -0.1) is 4.98 Å². The van der Waals surface area contributed by atoms with Gasteiger partial charge in [0.15, 0.2) is 11.5 Å². The molecule has 3 aromatic heterocycles. The molecule has 6 nitrogen and oxygen atoms in total. The summed E-state index contributed by atoms with van der Waals surface area (Å²) in [5.41, 5.74) is 3.41. The Kier molecular flexibility index (Phi) is 3.25. The third-order valence-corrected chi connectivity index (χ3v) is 3.69. The molecule has 0 aliphatic carbocycles. The molecule has 0 saturated carbocycles. The third kappa shape index (κ3) is 2.38. The second kappa shape index (κ2) is 5.56. The highest BCUT2D eigenvalue weighted by atomic mass is 15.3. The molecular weight excluding hydrogens is 300 g/mol. The van der Waals surface area contributed by atoms with Crippen molar-refractivity contribution in [2.24, 2.45) is 0 Å². The van der Waals surface area contributed by atoms with Gasteiger partial charge in [-0.05, 0) is 31.2 Å². The molecule has 114 valence electrons. The lowest BCUT2D eigenvalue weighted by molar-refractivity contribution is 0.867. The van der Waals surface area contributed by atoms with E-state index in [1.165, 1.54) is 6.20 Å². The standard InChI is InChI=1S/C18H12N6/c1-12-4-3-5-18(22-12)24-16-8-13(6-7-14(16)9-21-24)15-10-20-11-17(19-2)23-15/h3-11H,1H3. The first kappa shape index (κ1) is 14.0. The molecule has 1 aromatic carbocycles. The maximum absolute atomic E-state index is 7.08. The molecule has 0 atom stereocenters. The summed E-state index contributed by atoms with van der Waals surface area (Å²) in [4.78, 5) is 16.2. The van der Waals surface area contributed by atoms with Crippen LogP contribution in [0.3, 0.4) is 0 Å². The lowest BCUT2D eigenvalue weighted by Gasteiger charge is -2.04. The van der Waals surface area contributed by atoms with Crippen LogP contribution in [0.15, 0.2) is 55.0 Å². The van der Waals surface area contributed by atoms with E-state index in [9.17, 15) is 0 Å². The van der Waals surface area contributed by atoms with Crippen molar-refractivity contribution in [2.75, 3.05) is 0 Å². The van der Waals surface area contributed by atoms with E-state index in [0.29, 0.717) is 5.69 Å². The van der Waals surface area contributed by atoms with Crippen LogP contribution in [-0.4, -0.2) is 24.7 Å². The first-order valence-electron chi connectivity index (χ1n) is 7.36. The van der Waals surface area contributed by atoms with Crippen LogP contribution in [0.1, 0.15) is 5.69 Å². The van der Waals surface area contributed by atoms with Crippen LogP contribution in [0.5, 0.6) is 0 Å². The van der Waals surface area contributed by atoms with Gasteiger partial charge >= 0.3 is 0 Å². The summed E-state index contributed by atoms with van der Waals surface area (Å²) in [5, 5.41) is 5.46. The van der Waals surface area contributed by atoms with Gasteiger partial charge in [-0.2, -0.15) is 5.10 Å². The van der Waals surface area contributed by atoms with E-state index in [0.717, 1.165) is 28.0 Å². The van der Waals surface area contributed by atoms with Crippen LogP contribution in [-0.2, 0) is 0 Å². The summed E-state index contributed by atoms with van der Waals surface area (Å²) in [7, 11) is 0. The predicted octanol–water partition coefficient (Wildman–Crippen LogP) is 3.74. The van der Waals surface area contributed by atoms with Gasteiger partial charge in [0.2, 0.25) is 0 Å². The zero-order valence-corrected chi connectivity index (χ0v) is 12.9. The molecule has 0 aliphatic heterocycles. The lowest BCUT2D eigenvalue weighted by atomic mass is 10.1. The van der Waals surface area contributed by atoms with Gasteiger partial charge in [-0.1, -0.05) is 18.7 Å². The van der Waals surface area contributed by atoms with Gasteiger partial charge in [0.25, 0.3) is 5.82 Å². The van der Waals surface area contributed by atoms with Crippen molar-refractivity contribution < 1.29 is 0 Å². The zero-order valence-electron chi connectivity index (χ0n) is 12.9. The first-order chi connectivity index (χ1) is 11.7. The maximum atomic E-state index is 7.08. The van der Waals surface area contributed by atoms with Gasteiger partial charge in [0.1, 0.15) is 0 Å². The van der Waals surface area contributed by atoms with Crippen molar-refractivity contribution >= 4 is 16.7 Å². The number of hydrogen-bond donors (Lipinski definition) is 0. The number of aromatic nitrogens is 5. The fraction of sp³-hybridized carbons (Fsp3) is 0.0556. The van der Waals surface area contributed by atoms with Gasteiger partial charge in [0, 0.05) is 16.6 Å². The maximum Gasteiger partial charge on any atom is 0.288 e. The summed E-state index contributed by atoms with van der Waals surface area (Å²) in [6.07, 6.45) is 4.92. The second-order valence-electron chi connectivity index (χ2n) is 5.34. The zero-order chi connectivity index (χ0) is 16.5. The van der Waals surface area contributed by atoms with E-state index >= 15 is 0 Å². The minimum Gasteiger partial charge on any atom is -0.359 e. The molecule has 0 N–H and O–H groups in total. The SMILES string of the molecule is [C-]#[N+]c1cncc(-c2ccc3cnn(-c4cccc(C)n4)c3c2)n1. The molecule has 0 amide bonds. The number of hydrogen-bond acceptors (Lipinski definition) is 4. The van der Waals surface area contributed by atoms with Gasteiger partial charge in [0.05, 0.1) is 24.1 Å². The minimum absolute atomic E-state index is 0.279. The molecule has 0 radical (unpaired) electrons. The number of fused-ring (bicyclic) bond motifs is 1. The molecule has 6 heteroatoms. The number of aryl methyl sites for hydroxylation is 1. The molecule has 0 spiro atoms. The Hall–Kier alpha value is -3.59. The van der Waals surface area contributed by atoms with Crippen LogP contribution in [0.4, 0.5) is 5.82 Å². The Morgan fingerprint density at radius 3 is 2.79 bits per heavy atom. The van der Waals surface area contributed by atoms with Gasteiger partial charge in [-0.25, -0.2) is 9.67 Å². The van der Waals surface area contributed by atoms with Crippen LogP contribution < -0.4 is 0 Å². The summed E-state index contributed by atoms with van der Waals surface area (Å²) in [6.45, 7) is 9.03. The highest BCUT2D eigenvalue weighted by Gasteiger charge is 2.11. The topological polar surface area (TPSA) is 60.9 Å². The van der Waals surface area contributed by atoms with E-state index < -0.39 is 0 Å². The van der Waals surface area contributed by atoms with Crippen molar-refractivity contribution in [3.05, 3.63) is 72.1 Å². The lowest BCUT2D eigenvalue weighted by Crippen LogP contribution is -2.00. The Morgan fingerprint density at radius 1 is 1.04 bits per heavy atom. The van der Waals surface area contributed by atoms with Crippen LogP contribution in [0.2, 0.25) is 0 Å². The second-order valence-corrected chi connectivity index (χ2v) is 5.34. The molecular formula is C18H12N6. The molecule has 0 aliphatic rings. The number of benzene rings is 1. The fourth-order valence-electron chi connectivity index (χ4n) is 2.56. The number of pyridine rings is 1. The molecule has 0 saturated heterocycles. The monoisotopic (exact) mass is 312 g/mol. The highest BCUT2D eigenvalue weighted by molar-refractivity contribution is 5.84. The molecule has 0 bridgehead atoms. The average Bonchev–Trinajstić information content (AvgIpc) is 3.05. The molecule has 4 rings (SSSR count). The summed E-state index contributed by atoms with van der Waals surface area (Å²) >= 11 is 0. The van der Waals surface area contributed by atoms with Crippen molar-refractivity contribution in [3.8, 4) is 17.1 Å². The predicted molar refractivity (Wildman–Crippen MR) is 90.9 cm³/mol. The molecule has 0 unspecified atom stereocenters. The van der Waals surface area contributed by atoms with E-state index in [1.807, 2.05) is 49.5 Å². The fourth-order valence-corrected chi connectivity index (χ4v) is 2.56. The summed E-state index contributed by atoms with van der Waals surface area (Å²) in [6, 6.07) is 11.8. The summed E-state index contributed by atoms with van der Waals surface area (Å²) in [5.74, 6) is 1.05. The number of rotatable bonds is 2. The van der Waals surface area contributed by atoms with E-state index in [2.05, 4.69) is 24.9 Å². The highest BCUT2D eigenvalue weighted by Crippen LogP contribution is 2.25. The van der Waals surface area contributed by atoms with Gasteiger partial charge in [-0.3, -0.25) is 4.98 Å².